The number of benzene rings is 2. The molecule has 0 aliphatic heterocycles. The maximum absolute atomic E-state index is 9.82. The average Bonchev–Trinajstić information content (AvgIpc) is 2.38. The Morgan fingerprint density at radius 1 is 1.15 bits per heavy atom. The molecule has 2 rings (SSSR count). The summed E-state index contributed by atoms with van der Waals surface area (Å²) in [7, 11) is 0. The Morgan fingerprint density at radius 2 is 1.85 bits per heavy atom. The molecule has 0 aliphatic carbocycles. The van der Waals surface area contributed by atoms with Crippen molar-refractivity contribution in [3.8, 4) is 0 Å². The highest BCUT2D eigenvalue weighted by atomic mass is 79.9. The molecule has 0 aromatic heterocycles. The summed E-state index contributed by atoms with van der Waals surface area (Å²) < 4.78 is 1.89. The Labute approximate surface area is 140 Å². The summed E-state index contributed by atoms with van der Waals surface area (Å²) in [6.45, 7) is 1.85. The summed E-state index contributed by atoms with van der Waals surface area (Å²) in [6, 6.07) is 13.5. The molecule has 0 aliphatic rings. The predicted molar refractivity (Wildman–Crippen MR) is 91.4 cm³/mol. The van der Waals surface area contributed by atoms with E-state index in [1.807, 2.05) is 49.4 Å². The zero-order valence-corrected chi connectivity index (χ0v) is 14.8. The zero-order valence-electron chi connectivity index (χ0n) is 10.8. The van der Waals surface area contributed by atoms with Gasteiger partial charge in [0.25, 0.3) is 0 Å². The molecule has 5 heteroatoms. The number of hydrogen-bond donors (Lipinski definition) is 2. The molecule has 0 fully saturated rings. The lowest BCUT2D eigenvalue weighted by molar-refractivity contribution is 0.224. The lowest BCUT2D eigenvalue weighted by atomic mass is 9.92. The van der Waals surface area contributed by atoms with E-state index in [1.54, 1.807) is 0 Å². The van der Waals surface area contributed by atoms with Crippen LogP contribution in [0.2, 0.25) is 5.02 Å². The first-order chi connectivity index (χ1) is 9.44. The highest BCUT2D eigenvalue weighted by Crippen LogP contribution is 2.33. The predicted octanol–water partition coefficient (Wildman–Crippen LogP) is 5.18. The van der Waals surface area contributed by atoms with Crippen LogP contribution in [0.1, 0.15) is 12.5 Å². The van der Waals surface area contributed by atoms with Gasteiger partial charge in [-0.1, -0.05) is 55.6 Å². The quantitative estimate of drug-likeness (QED) is 0.715. The first-order valence-corrected chi connectivity index (χ1v) is 8.01. The van der Waals surface area contributed by atoms with Crippen LogP contribution in [-0.2, 0) is 5.54 Å². The molecule has 1 atom stereocenters. The smallest absolute Gasteiger partial charge is 0.0842 e. The Balaban J connectivity index is 2.38. The van der Waals surface area contributed by atoms with Crippen molar-refractivity contribution in [3.63, 3.8) is 0 Å². The molecule has 1 unspecified atom stereocenters. The van der Waals surface area contributed by atoms with Gasteiger partial charge in [0.15, 0.2) is 0 Å². The van der Waals surface area contributed by atoms with Crippen LogP contribution in [-0.4, -0.2) is 11.7 Å². The summed E-state index contributed by atoms with van der Waals surface area (Å²) in [6.07, 6.45) is 0. The molecule has 20 heavy (non-hydrogen) atoms. The van der Waals surface area contributed by atoms with Crippen LogP contribution in [0.25, 0.3) is 0 Å². The van der Waals surface area contributed by atoms with Gasteiger partial charge in [-0.15, -0.1) is 0 Å². The molecule has 2 aromatic rings. The van der Waals surface area contributed by atoms with E-state index in [4.69, 9.17) is 11.6 Å². The summed E-state index contributed by atoms with van der Waals surface area (Å²) in [5.74, 6) is 0. The van der Waals surface area contributed by atoms with Gasteiger partial charge in [0.1, 0.15) is 0 Å². The third-order valence-corrected chi connectivity index (χ3v) is 4.39. The fourth-order valence-electron chi connectivity index (χ4n) is 2.01. The first-order valence-electron chi connectivity index (χ1n) is 6.05. The number of nitrogens with one attached hydrogen (secondary N) is 1. The second kappa shape index (κ2) is 6.48. The molecule has 0 spiro atoms. The molecule has 2 aromatic carbocycles. The Morgan fingerprint density at radius 3 is 2.45 bits per heavy atom. The lowest BCUT2D eigenvalue weighted by Gasteiger charge is -2.31. The van der Waals surface area contributed by atoms with E-state index >= 15 is 0 Å². The van der Waals surface area contributed by atoms with Gasteiger partial charge in [-0.2, -0.15) is 0 Å². The number of halogens is 3. The van der Waals surface area contributed by atoms with Crippen LogP contribution < -0.4 is 5.32 Å². The van der Waals surface area contributed by atoms with Crippen molar-refractivity contribution in [2.45, 2.75) is 12.5 Å². The van der Waals surface area contributed by atoms with Crippen molar-refractivity contribution >= 4 is 49.1 Å². The SMILES string of the molecule is CC(CO)(Nc1cccc(Br)c1)c1ccc(Br)cc1Cl. The average molecular weight is 420 g/mol. The molecule has 0 radical (unpaired) electrons. The van der Waals surface area contributed by atoms with Crippen molar-refractivity contribution in [1.82, 2.24) is 0 Å². The fraction of sp³-hybridized carbons (Fsp3) is 0.200. The van der Waals surface area contributed by atoms with Crippen LogP contribution in [0, 0.1) is 0 Å². The minimum atomic E-state index is -0.654. The minimum absolute atomic E-state index is 0.0686. The molecule has 106 valence electrons. The van der Waals surface area contributed by atoms with E-state index in [1.165, 1.54) is 0 Å². The third-order valence-electron chi connectivity index (χ3n) is 3.09. The van der Waals surface area contributed by atoms with E-state index in [9.17, 15) is 5.11 Å². The molecular formula is C15H14Br2ClNO. The van der Waals surface area contributed by atoms with Gasteiger partial charge in [-0.05, 0) is 42.8 Å². The van der Waals surface area contributed by atoms with Gasteiger partial charge < -0.3 is 10.4 Å². The Hall–Kier alpha value is -0.550. The van der Waals surface area contributed by atoms with Crippen LogP contribution in [0.4, 0.5) is 5.69 Å². The number of anilines is 1. The van der Waals surface area contributed by atoms with Crippen molar-refractivity contribution in [3.05, 3.63) is 62.0 Å². The van der Waals surface area contributed by atoms with Crippen molar-refractivity contribution in [2.24, 2.45) is 0 Å². The first kappa shape index (κ1) is 15.8. The fourth-order valence-corrected chi connectivity index (χ4v) is 3.30. The number of aliphatic hydroxyl groups is 1. The standard InChI is InChI=1S/C15H14Br2ClNO/c1-15(9-20,13-6-5-11(17)8-14(13)18)19-12-4-2-3-10(16)7-12/h2-8,19-20H,9H2,1H3. The topological polar surface area (TPSA) is 32.3 Å². The molecule has 2 nitrogen and oxygen atoms in total. The minimum Gasteiger partial charge on any atom is -0.394 e. The summed E-state index contributed by atoms with van der Waals surface area (Å²) in [5, 5.41) is 13.8. The zero-order chi connectivity index (χ0) is 14.8. The van der Waals surface area contributed by atoms with Gasteiger partial charge in [-0.25, -0.2) is 0 Å². The van der Waals surface area contributed by atoms with Gasteiger partial charge >= 0.3 is 0 Å². The summed E-state index contributed by atoms with van der Waals surface area (Å²) >= 11 is 13.1. The maximum Gasteiger partial charge on any atom is 0.0842 e. The van der Waals surface area contributed by atoms with Crippen LogP contribution >= 0.6 is 43.5 Å². The number of hydrogen-bond acceptors (Lipinski definition) is 2. The van der Waals surface area contributed by atoms with Crippen molar-refractivity contribution < 1.29 is 5.11 Å². The normalized spacial score (nSPS) is 13.8. The van der Waals surface area contributed by atoms with Crippen LogP contribution in [0.5, 0.6) is 0 Å². The molecular weight excluding hydrogens is 405 g/mol. The van der Waals surface area contributed by atoms with Gasteiger partial charge in [-0.3, -0.25) is 0 Å². The van der Waals surface area contributed by atoms with Gasteiger partial charge in [0.2, 0.25) is 0 Å². The molecule has 0 saturated carbocycles. The second-order valence-electron chi connectivity index (χ2n) is 4.75. The maximum atomic E-state index is 9.82. The highest BCUT2D eigenvalue weighted by molar-refractivity contribution is 9.10. The van der Waals surface area contributed by atoms with Crippen molar-refractivity contribution in [1.29, 1.82) is 0 Å². The largest absolute Gasteiger partial charge is 0.394 e. The molecule has 2 N–H and O–H groups in total. The molecule has 0 heterocycles. The monoisotopic (exact) mass is 417 g/mol. The molecule has 0 saturated heterocycles. The second-order valence-corrected chi connectivity index (χ2v) is 6.99. The summed E-state index contributed by atoms with van der Waals surface area (Å²) in [4.78, 5) is 0. The van der Waals surface area contributed by atoms with Crippen molar-refractivity contribution in [2.75, 3.05) is 11.9 Å². The van der Waals surface area contributed by atoms with Gasteiger partial charge in [0.05, 0.1) is 12.1 Å². The van der Waals surface area contributed by atoms with Crippen LogP contribution in [0.3, 0.4) is 0 Å². The van der Waals surface area contributed by atoms with E-state index in [0.717, 1.165) is 20.2 Å². The highest BCUT2D eigenvalue weighted by Gasteiger charge is 2.28. The van der Waals surface area contributed by atoms with E-state index < -0.39 is 5.54 Å². The van der Waals surface area contributed by atoms with E-state index in [2.05, 4.69) is 37.2 Å². The number of aliphatic hydroxyl groups excluding tert-OH is 1. The number of rotatable bonds is 4. The Bertz CT molecular complexity index is 621. The lowest BCUT2D eigenvalue weighted by Crippen LogP contribution is -2.36. The van der Waals surface area contributed by atoms with E-state index in [0.29, 0.717) is 5.02 Å². The third kappa shape index (κ3) is 3.55. The van der Waals surface area contributed by atoms with E-state index in [-0.39, 0.29) is 6.61 Å². The molecule has 0 bridgehead atoms. The Kier molecular flexibility index (Phi) is 5.13. The van der Waals surface area contributed by atoms with Crippen LogP contribution in [0.15, 0.2) is 51.4 Å². The summed E-state index contributed by atoms with van der Waals surface area (Å²) in [5.41, 5.74) is 1.11. The van der Waals surface area contributed by atoms with Gasteiger partial charge in [0, 0.05) is 19.7 Å². The molecule has 0 amide bonds.